The Kier molecular flexibility index (Phi) is 3.42. The summed E-state index contributed by atoms with van der Waals surface area (Å²) in [6.45, 7) is 1.51. The van der Waals surface area contributed by atoms with E-state index >= 15 is 0 Å². The highest BCUT2D eigenvalue weighted by molar-refractivity contribution is 5.87. The van der Waals surface area contributed by atoms with E-state index in [0.717, 1.165) is 18.5 Å². The molecule has 17 heavy (non-hydrogen) atoms. The lowest BCUT2D eigenvalue weighted by atomic mass is 10.1. The summed E-state index contributed by atoms with van der Waals surface area (Å²) in [5.41, 5.74) is 1.26. The highest BCUT2D eigenvalue weighted by atomic mass is 16.4. The molecule has 90 valence electrons. The van der Waals surface area contributed by atoms with E-state index in [0.29, 0.717) is 24.9 Å². The van der Waals surface area contributed by atoms with Crippen molar-refractivity contribution in [2.24, 2.45) is 0 Å². The fraction of sp³-hybridized carbons (Fsp3) is 0.385. The molecule has 0 atom stereocenters. The van der Waals surface area contributed by atoms with Crippen molar-refractivity contribution < 1.29 is 14.7 Å². The van der Waals surface area contributed by atoms with Crippen LogP contribution < -0.4 is 0 Å². The summed E-state index contributed by atoms with van der Waals surface area (Å²) in [4.78, 5) is 24.0. The Bertz CT molecular complexity index is 442. The molecule has 1 fully saturated rings. The van der Waals surface area contributed by atoms with Crippen LogP contribution in [0.2, 0.25) is 0 Å². The summed E-state index contributed by atoms with van der Waals surface area (Å²) in [5, 5.41) is 8.87. The highest BCUT2D eigenvalue weighted by Crippen LogP contribution is 2.12. The molecule has 2 rings (SSSR count). The number of carboxylic acids is 1. The van der Waals surface area contributed by atoms with Gasteiger partial charge in [0.05, 0.1) is 5.56 Å². The molecule has 1 aliphatic rings. The lowest BCUT2D eigenvalue weighted by Crippen LogP contribution is -2.26. The normalized spacial score (nSPS) is 15.3. The van der Waals surface area contributed by atoms with Gasteiger partial charge < -0.3 is 10.0 Å². The molecule has 4 heteroatoms. The molecule has 1 amide bonds. The van der Waals surface area contributed by atoms with Gasteiger partial charge in [-0.1, -0.05) is 12.1 Å². The zero-order valence-corrected chi connectivity index (χ0v) is 9.56. The first-order chi connectivity index (χ1) is 8.16. The van der Waals surface area contributed by atoms with Crippen LogP contribution in [-0.2, 0) is 11.2 Å². The van der Waals surface area contributed by atoms with Crippen LogP contribution in [0, 0.1) is 0 Å². The second-order valence-corrected chi connectivity index (χ2v) is 4.24. The molecule has 0 spiro atoms. The standard InChI is InChI=1S/C13H15NO3/c15-12-5-2-7-14(12)8-6-10-3-1-4-11(9-10)13(16)17/h1,3-4,9H,2,5-8H2,(H,16,17). The molecule has 1 N–H and O–H groups in total. The number of carbonyl (C=O) groups excluding carboxylic acids is 1. The number of carboxylic acid groups (broad SMARTS) is 1. The molecule has 0 unspecified atom stereocenters. The van der Waals surface area contributed by atoms with Crippen molar-refractivity contribution in [1.82, 2.24) is 4.90 Å². The van der Waals surface area contributed by atoms with Crippen molar-refractivity contribution in [1.29, 1.82) is 0 Å². The minimum atomic E-state index is -0.913. The van der Waals surface area contributed by atoms with E-state index in [4.69, 9.17) is 5.11 Å². The average molecular weight is 233 g/mol. The number of aromatic carboxylic acids is 1. The van der Waals surface area contributed by atoms with Crippen molar-refractivity contribution in [3.05, 3.63) is 35.4 Å². The molecule has 1 aromatic rings. The lowest BCUT2D eigenvalue weighted by molar-refractivity contribution is -0.127. The maximum atomic E-state index is 11.4. The summed E-state index contributed by atoms with van der Waals surface area (Å²) < 4.78 is 0. The number of carbonyl (C=O) groups is 2. The van der Waals surface area contributed by atoms with Crippen LogP contribution in [-0.4, -0.2) is 35.0 Å². The lowest BCUT2D eigenvalue weighted by Gasteiger charge is -2.15. The molecule has 4 nitrogen and oxygen atoms in total. The number of rotatable bonds is 4. The molecule has 1 aromatic carbocycles. The molecule has 1 aliphatic heterocycles. The van der Waals surface area contributed by atoms with Crippen LogP contribution >= 0.6 is 0 Å². The second-order valence-electron chi connectivity index (χ2n) is 4.24. The zero-order chi connectivity index (χ0) is 12.3. The number of hydrogen-bond donors (Lipinski definition) is 1. The van der Waals surface area contributed by atoms with Gasteiger partial charge in [-0.05, 0) is 30.5 Å². The van der Waals surface area contributed by atoms with E-state index in [1.54, 1.807) is 18.2 Å². The van der Waals surface area contributed by atoms with E-state index in [9.17, 15) is 9.59 Å². The number of benzene rings is 1. The monoisotopic (exact) mass is 233 g/mol. The summed E-state index contributed by atoms with van der Waals surface area (Å²) in [6.07, 6.45) is 2.30. The van der Waals surface area contributed by atoms with Crippen molar-refractivity contribution in [2.75, 3.05) is 13.1 Å². The van der Waals surface area contributed by atoms with Crippen LogP contribution in [0.4, 0.5) is 0 Å². The van der Waals surface area contributed by atoms with Crippen molar-refractivity contribution in [3.8, 4) is 0 Å². The van der Waals surface area contributed by atoms with Crippen LogP contribution in [0.1, 0.15) is 28.8 Å². The van der Waals surface area contributed by atoms with Gasteiger partial charge in [-0.3, -0.25) is 4.79 Å². The van der Waals surface area contributed by atoms with Crippen LogP contribution in [0.25, 0.3) is 0 Å². The van der Waals surface area contributed by atoms with Gasteiger partial charge in [-0.15, -0.1) is 0 Å². The summed E-state index contributed by atoms with van der Waals surface area (Å²) in [7, 11) is 0. The summed E-state index contributed by atoms with van der Waals surface area (Å²) in [5.74, 6) is -0.705. The number of nitrogens with zero attached hydrogens (tertiary/aromatic N) is 1. The van der Waals surface area contributed by atoms with Crippen LogP contribution in [0.5, 0.6) is 0 Å². The maximum Gasteiger partial charge on any atom is 0.335 e. The minimum absolute atomic E-state index is 0.208. The fourth-order valence-electron chi connectivity index (χ4n) is 2.06. The van der Waals surface area contributed by atoms with E-state index in [-0.39, 0.29) is 5.91 Å². The Balaban J connectivity index is 1.96. The molecule has 0 radical (unpaired) electrons. The first-order valence-corrected chi connectivity index (χ1v) is 5.77. The Morgan fingerprint density at radius 1 is 1.41 bits per heavy atom. The van der Waals surface area contributed by atoms with Gasteiger partial charge in [-0.2, -0.15) is 0 Å². The highest BCUT2D eigenvalue weighted by Gasteiger charge is 2.19. The molecule has 0 saturated carbocycles. The van der Waals surface area contributed by atoms with Gasteiger partial charge in [-0.25, -0.2) is 4.79 Å². The first-order valence-electron chi connectivity index (χ1n) is 5.77. The molecular weight excluding hydrogens is 218 g/mol. The van der Waals surface area contributed by atoms with Gasteiger partial charge in [0.25, 0.3) is 0 Å². The number of likely N-dealkylation sites (tertiary alicyclic amines) is 1. The third-order valence-corrected chi connectivity index (χ3v) is 3.02. The van der Waals surface area contributed by atoms with Gasteiger partial charge in [0.1, 0.15) is 0 Å². The molecular formula is C13H15NO3. The summed E-state index contributed by atoms with van der Waals surface area (Å²) in [6, 6.07) is 6.88. The smallest absolute Gasteiger partial charge is 0.335 e. The molecule has 1 heterocycles. The zero-order valence-electron chi connectivity index (χ0n) is 9.56. The summed E-state index contributed by atoms with van der Waals surface area (Å²) >= 11 is 0. The number of hydrogen-bond acceptors (Lipinski definition) is 2. The third kappa shape index (κ3) is 2.84. The van der Waals surface area contributed by atoms with E-state index in [1.165, 1.54) is 0 Å². The fourth-order valence-corrected chi connectivity index (χ4v) is 2.06. The Hall–Kier alpha value is -1.84. The Morgan fingerprint density at radius 2 is 2.24 bits per heavy atom. The quantitative estimate of drug-likeness (QED) is 0.858. The van der Waals surface area contributed by atoms with E-state index < -0.39 is 5.97 Å². The maximum absolute atomic E-state index is 11.4. The van der Waals surface area contributed by atoms with Gasteiger partial charge in [0.2, 0.25) is 5.91 Å². The third-order valence-electron chi connectivity index (χ3n) is 3.02. The Morgan fingerprint density at radius 3 is 2.88 bits per heavy atom. The average Bonchev–Trinajstić information content (AvgIpc) is 2.72. The topological polar surface area (TPSA) is 57.6 Å². The van der Waals surface area contributed by atoms with Crippen molar-refractivity contribution in [3.63, 3.8) is 0 Å². The Labute approximate surface area is 99.9 Å². The van der Waals surface area contributed by atoms with Crippen LogP contribution in [0.3, 0.4) is 0 Å². The molecule has 0 aliphatic carbocycles. The van der Waals surface area contributed by atoms with Crippen molar-refractivity contribution in [2.45, 2.75) is 19.3 Å². The predicted molar refractivity (Wildman–Crippen MR) is 62.9 cm³/mol. The van der Waals surface area contributed by atoms with E-state index in [2.05, 4.69) is 0 Å². The molecule has 0 bridgehead atoms. The first kappa shape index (κ1) is 11.6. The molecule has 0 aromatic heterocycles. The minimum Gasteiger partial charge on any atom is -0.478 e. The number of amides is 1. The SMILES string of the molecule is O=C(O)c1cccc(CCN2CCCC2=O)c1. The predicted octanol–water partition coefficient (Wildman–Crippen LogP) is 1.55. The van der Waals surface area contributed by atoms with Crippen LogP contribution in [0.15, 0.2) is 24.3 Å². The molecule has 1 saturated heterocycles. The van der Waals surface area contributed by atoms with Gasteiger partial charge >= 0.3 is 5.97 Å². The largest absolute Gasteiger partial charge is 0.478 e. The van der Waals surface area contributed by atoms with E-state index in [1.807, 2.05) is 11.0 Å². The van der Waals surface area contributed by atoms with Crippen molar-refractivity contribution >= 4 is 11.9 Å². The second kappa shape index (κ2) is 4.99. The van der Waals surface area contributed by atoms with Gasteiger partial charge in [0.15, 0.2) is 0 Å². The van der Waals surface area contributed by atoms with Gasteiger partial charge in [0, 0.05) is 19.5 Å².